The third kappa shape index (κ3) is 3.19. The predicted molar refractivity (Wildman–Crippen MR) is 66.6 cm³/mol. The summed E-state index contributed by atoms with van der Waals surface area (Å²) in [6.07, 6.45) is 2.13. The van der Waals surface area contributed by atoms with Crippen LogP contribution in [0.15, 0.2) is 5.38 Å². The van der Waals surface area contributed by atoms with Crippen LogP contribution in [0, 0.1) is 5.92 Å². The first kappa shape index (κ1) is 12.8. The molecule has 18 heavy (non-hydrogen) atoms. The van der Waals surface area contributed by atoms with Crippen molar-refractivity contribution in [2.75, 3.05) is 0 Å². The van der Waals surface area contributed by atoms with E-state index in [1.807, 2.05) is 0 Å². The molecule has 1 heterocycles. The van der Waals surface area contributed by atoms with Crippen LogP contribution >= 0.6 is 11.3 Å². The Bertz CT molecular complexity index is 460. The Hall–Kier alpha value is -1.63. The Morgan fingerprint density at radius 1 is 1.61 bits per heavy atom. The Kier molecular flexibility index (Phi) is 3.81. The number of nitrogens with one attached hydrogen (secondary N) is 2. The molecule has 0 bridgehead atoms. The van der Waals surface area contributed by atoms with Crippen LogP contribution in [0.1, 0.15) is 35.3 Å². The number of hydrogen-bond donors (Lipinski definition) is 3. The van der Waals surface area contributed by atoms with Gasteiger partial charge in [0.2, 0.25) is 0 Å². The minimum absolute atomic E-state index is 0.0189. The summed E-state index contributed by atoms with van der Waals surface area (Å²) in [5, 5.41) is 16.3. The second kappa shape index (κ2) is 5.34. The molecule has 1 aliphatic rings. The summed E-state index contributed by atoms with van der Waals surface area (Å²) in [5.41, 5.74) is 0.0189. The summed E-state index contributed by atoms with van der Waals surface area (Å²) in [5.74, 6) is -0.444. The van der Waals surface area contributed by atoms with E-state index in [4.69, 9.17) is 5.11 Å². The standard InChI is InChI=1S/C11H15N3O3S/c1-2-6-3-7(6)14-11(17)12-4-9-13-8(5-18-9)10(15)16/h5-7H,2-4H2,1H3,(H,15,16)(H2,12,14,17). The maximum absolute atomic E-state index is 11.5. The molecule has 2 unspecified atom stereocenters. The van der Waals surface area contributed by atoms with Gasteiger partial charge in [0.1, 0.15) is 5.01 Å². The molecule has 2 rings (SSSR count). The first-order valence-corrected chi connectivity index (χ1v) is 6.70. The van der Waals surface area contributed by atoms with Crippen LogP contribution in [-0.4, -0.2) is 28.1 Å². The molecule has 1 aromatic heterocycles. The smallest absolute Gasteiger partial charge is 0.355 e. The van der Waals surface area contributed by atoms with Crippen molar-refractivity contribution in [3.63, 3.8) is 0 Å². The summed E-state index contributed by atoms with van der Waals surface area (Å²) in [4.78, 5) is 26.0. The molecule has 0 aliphatic heterocycles. The van der Waals surface area contributed by atoms with Gasteiger partial charge in [-0.2, -0.15) is 0 Å². The number of amides is 2. The van der Waals surface area contributed by atoms with Crippen LogP contribution in [0.2, 0.25) is 0 Å². The van der Waals surface area contributed by atoms with E-state index in [1.54, 1.807) is 0 Å². The molecule has 6 nitrogen and oxygen atoms in total. The number of carboxylic acid groups (broad SMARTS) is 1. The number of rotatable bonds is 5. The third-order valence-electron chi connectivity index (χ3n) is 2.93. The lowest BCUT2D eigenvalue weighted by Gasteiger charge is -2.05. The highest BCUT2D eigenvalue weighted by Crippen LogP contribution is 2.32. The van der Waals surface area contributed by atoms with Gasteiger partial charge in [-0.15, -0.1) is 11.3 Å². The van der Waals surface area contributed by atoms with Crippen molar-refractivity contribution in [3.05, 3.63) is 16.1 Å². The molecular weight excluding hydrogens is 254 g/mol. The third-order valence-corrected chi connectivity index (χ3v) is 3.78. The van der Waals surface area contributed by atoms with E-state index in [9.17, 15) is 9.59 Å². The molecule has 2 amide bonds. The van der Waals surface area contributed by atoms with Gasteiger partial charge in [-0.05, 0) is 12.3 Å². The maximum Gasteiger partial charge on any atom is 0.355 e. The number of carbonyl (C=O) groups excluding carboxylic acids is 1. The first-order valence-electron chi connectivity index (χ1n) is 5.82. The van der Waals surface area contributed by atoms with Crippen LogP contribution in [0.5, 0.6) is 0 Å². The van der Waals surface area contributed by atoms with E-state index in [1.165, 1.54) is 16.7 Å². The van der Waals surface area contributed by atoms with Crippen molar-refractivity contribution in [1.29, 1.82) is 0 Å². The van der Waals surface area contributed by atoms with Crippen LogP contribution in [0.4, 0.5) is 4.79 Å². The number of carboxylic acids is 1. The number of urea groups is 1. The topological polar surface area (TPSA) is 91.3 Å². The van der Waals surface area contributed by atoms with Crippen molar-refractivity contribution < 1.29 is 14.7 Å². The van der Waals surface area contributed by atoms with Crippen molar-refractivity contribution in [2.24, 2.45) is 5.92 Å². The molecule has 1 saturated carbocycles. The Balaban J connectivity index is 1.73. The van der Waals surface area contributed by atoms with E-state index in [0.29, 0.717) is 17.0 Å². The molecule has 0 aromatic carbocycles. The zero-order valence-corrected chi connectivity index (χ0v) is 10.8. The van der Waals surface area contributed by atoms with E-state index < -0.39 is 5.97 Å². The minimum Gasteiger partial charge on any atom is -0.476 e. The Morgan fingerprint density at radius 3 is 2.94 bits per heavy atom. The lowest BCUT2D eigenvalue weighted by atomic mass is 10.3. The van der Waals surface area contributed by atoms with E-state index in [0.717, 1.165) is 12.8 Å². The van der Waals surface area contributed by atoms with E-state index in [2.05, 4.69) is 22.5 Å². The fourth-order valence-corrected chi connectivity index (χ4v) is 2.45. The monoisotopic (exact) mass is 269 g/mol. The maximum atomic E-state index is 11.5. The highest BCUT2D eigenvalue weighted by atomic mass is 32.1. The van der Waals surface area contributed by atoms with Gasteiger partial charge in [0, 0.05) is 11.4 Å². The largest absolute Gasteiger partial charge is 0.476 e. The molecular formula is C11H15N3O3S. The molecule has 2 atom stereocenters. The van der Waals surface area contributed by atoms with Crippen LogP contribution in [-0.2, 0) is 6.54 Å². The van der Waals surface area contributed by atoms with Crippen molar-refractivity contribution in [2.45, 2.75) is 32.4 Å². The molecule has 0 spiro atoms. The van der Waals surface area contributed by atoms with Gasteiger partial charge in [-0.3, -0.25) is 0 Å². The van der Waals surface area contributed by atoms with Crippen molar-refractivity contribution in [3.8, 4) is 0 Å². The summed E-state index contributed by atoms with van der Waals surface area (Å²) >= 11 is 1.22. The number of nitrogens with zero attached hydrogens (tertiary/aromatic N) is 1. The first-order chi connectivity index (χ1) is 8.60. The predicted octanol–water partition coefficient (Wildman–Crippen LogP) is 1.44. The summed E-state index contributed by atoms with van der Waals surface area (Å²) < 4.78 is 0. The van der Waals surface area contributed by atoms with Gasteiger partial charge >= 0.3 is 12.0 Å². The van der Waals surface area contributed by atoms with E-state index >= 15 is 0 Å². The zero-order chi connectivity index (χ0) is 13.1. The lowest BCUT2D eigenvalue weighted by Crippen LogP contribution is -2.37. The molecule has 0 radical (unpaired) electrons. The van der Waals surface area contributed by atoms with Crippen LogP contribution in [0.25, 0.3) is 0 Å². The molecule has 98 valence electrons. The van der Waals surface area contributed by atoms with E-state index in [-0.39, 0.29) is 18.3 Å². The highest BCUT2D eigenvalue weighted by molar-refractivity contribution is 7.09. The minimum atomic E-state index is -1.05. The van der Waals surface area contributed by atoms with Gasteiger partial charge in [0.05, 0.1) is 6.54 Å². The molecule has 3 N–H and O–H groups in total. The number of hydrogen-bond acceptors (Lipinski definition) is 4. The van der Waals surface area contributed by atoms with Gasteiger partial charge in [-0.1, -0.05) is 13.3 Å². The summed E-state index contributed by atoms with van der Waals surface area (Å²) in [6.45, 7) is 2.36. The zero-order valence-electron chi connectivity index (χ0n) is 9.97. The fourth-order valence-electron chi connectivity index (χ4n) is 1.74. The Labute approximate surface area is 108 Å². The molecule has 1 aromatic rings. The fraction of sp³-hybridized carbons (Fsp3) is 0.545. The van der Waals surface area contributed by atoms with Gasteiger partial charge in [0.15, 0.2) is 5.69 Å². The van der Waals surface area contributed by atoms with Crippen molar-refractivity contribution >= 4 is 23.3 Å². The normalized spacial score (nSPS) is 21.4. The van der Waals surface area contributed by atoms with Crippen LogP contribution < -0.4 is 10.6 Å². The second-order valence-corrected chi connectivity index (χ2v) is 5.21. The molecule has 1 aliphatic carbocycles. The van der Waals surface area contributed by atoms with Crippen LogP contribution in [0.3, 0.4) is 0 Å². The van der Waals surface area contributed by atoms with Gasteiger partial charge in [0.25, 0.3) is 0 Å². The number of thiazole rings is 1. The highest BCUT2D eigenvalue weighted by Gasteiger charge is 2.36. The van der Waals surface area contributed by atoms with Gasteiger partial charge in [-0.25, -0.2) is 14.6 Å². The number of aromatic nitrogens is 1. The van der Waals surface area contributed by atoms with Crippen molar-refractivity contribution in [1.82, 2.24) is 15.6 Å². The average Bonchev–Trinajstić information content (AvgIpc) is 2.90. The SMILES string of the molecule is CCC1CC1NC(=O)NCc1nc(C(=O)O)cs1. The molecule has 0 saturated heterocycles. The number of aromatic carboxylic acids is 1. The quantitative estimate of drug-likeness (QED) is 0.754. The summed E-state index contributed by atoms with van der Waals surface area (Å²) in [6, 6.07) is 0.0731. The second-order valence-electron chi connectivity index (χ2n) is 4.27. The number of carbonyl (C=O) groups is 2. The summed E-state index contributed by atoms with van der Waals surface area (Å²) in [7, 11) is 0. The molecule has 1 fully saturated rings. The molecule has 7 heteroatoms. The van der Waals surface area contributed by atoms with Gasteiger partial charge < -0.3 is 15.7 Å². The average molecular weight is 269 g/mol. The lowest BCUT2D eigenvalue weighted by molar-refractivity contribution is 0.0691. The Morgan fingerprint density at radius 2 is 2.39 bits per heavy atom.